The molecule has 34 heavy (non-hydrogen) atoms. The predicted octanol–water partition coefficient (Wildman–Crippen LogP) is 3.59. The lowest BCUT2D eigenvalue weighted by atomic mass is 9.79. The highest BCUT2D eigenvalue weighted by atomic mass is 16.6. The summed E-state index contributed by atoms with van der Waals surface area (Å²) in [6.45, 7) is 12.5. The lowest BCUT2D eigenvalue weighted by Crippen LogP contribution is -2.49. The molecule has 8 nitrogen and oxygen atoms in total. The first kappa shape index (κ1) is 27.0. The number of dihydropyridines is 1. The van der Waals surface area contributed by atoms with Crippen molar-refractivity contribution in [1.82, 2.24) is 10.6 Å². The minimum absolute atomic E-state index is 0.224. The van der Waals surface area contributed by atoms with Gasteiger partial charge < -0.3 is 24.8 Å². The highest BCUT2D eigenvalue weighted by Gasteiger charge is 2.40. The van der Waals surface area contributed by atoms with E-state index in [1.807, 2.05) is 26.0 Å². The molecule has 2 atom stereocenters. The number of rotatable bonds is 7. The molecule has 0 bridgehead atoms. The fraction of sp³-hybridized carbons (Fsp3) is 0.500. The maximum Gasteiger partial charge on any atom is 0.336 e. The number of ether oxygens (including phenoxy) is 3. The normalized spacial score (nSPS) is 17.2. The third-order valence-corrected chi connectivity index (χ3v) is 5.47. The molecule has 1 aromatic rings. The van der Waals surface area contributed by atoms with E-state index in [0.29, 0.717) is 33.9 Å². The quantitative estimate of drug-likeness (QED) is 0.585. The largest absolute Gasteiger partial charge is 0.496 e. The molecule has 0 spiro atoms. The third kappa shape index (κ3) is 5.98. The van der Waals surface area contributed by atoms with Crippen molar-refractivity contribution in [3.8, 4) is 5.75 Å². The van der Waals surface area contributed by atoms with Crippen LogP contribution in [-0.4, -0.2) is 43.7 Å². The molecule has 2 N–H and O–H groups in total. The molecule has 1 amide bonds. The van der Waals surface area contributed by atoms with Crippen LogP contribution < -0.4 is 15.4 Å². The van der Waals surface area contributed by atoms with Gasteiger partial charge >= 0.3 is 11.9 Å². The second-order valence-corrected chi connectivity index (χ2v) is 9.60. The minimum atomic E-state index is -0.876. The van der Waals surface area contributed by atoms with Gasteiger partial charge in [0.2, 0.25) is 0 Å². The zero-order valence-corrected chi connectivity index (χ0v) is 21.5. The Hall–Kier alpha value is -3.29. The molecule has 1 unspecified atom stereocenters. The van der Waals surface area contributed by atoms with Gasteiger partial charge in [0.1, 0.15) is 17.4 Å². The first-order valence-corrected chi connectivity index (χ1v) is 11.3. The number of methoxy groups -OCH3 is 2. The van der Waals surface area contributed by atoms with E-state index in [4.69, 9.17) is 14.2 Å². The average Bonchev–Trinajstić information content (AvgIpc) is 2.74. The Morgan fingerprint density at radius 1 is 1.00 bits per heavy atom. The molecular formula is C26H36N2O6. The number of para-hydroxylation sites is 1. The van der Waals surface area contributed by atoms with Crippen molar-refractivity contribution in [1.29, 1.82) is 0 Å². The SMILES string of the molecule is COC(=O)C1=C(C)NC(C)=C(C(=O)N[C@H](C(=O)OC(C)(C)C)C(C)C)C1c1ccccc1OC. The Morgan fingerprint density at radius 2 is 1.59 bits per heavy atom. The first-order valence-electron chi connectivity index (χ1n) is 11.3. The Bertz CT molecular complexity index is 1020. The van der Waals surface area contributed by atoms with Crippen LogP contribution in [0.25, 0.3) is 0 Å². The van der Waals surface area contributed by atoms with Crippen LogP contribution in [0.2, 0.25) is 0 Å². The molecule has 1 aliphatic heterocycles. The summed E-state index contributed by atoms with van der Waals surface area (Å²) in [5.41, 5.74) is 1.66. The molecule has 0 saturated carbocycles. The molecule has 186 valence electrons. The minimum Gasteiger partial charge on any atom is -0.496 e. The predicted molar refractivity (Wildman–Crippen MR) is 129 cm³/mol. The first-order chi connectivity index (χ1) is 15.8. The topological polar surface area (TPSA) is 103 Å². The van der Waals surface area contributed by atoms with E-state index in [1.165, 1.54) is 14.2 Å². The summed E-state index contributed by atoms with van der Waals surface area (Å²) in [7, 11) is 2.83. The summed E-state index contributed by atoms with van der Waals surface area (Å²) >= 11 is 0. The Morgan fingerprint density at radius 3 is 2.12 bits per heavy atom. The Balaban J connectivity index is 2.59. The van der Waals surface area contributed by atoms with E-state index in [-0.39, 0.29) is 5.92 Å². The lowest BCUT2D eigenvalue weighted by Gasteiger charge is -2.33. The number of carbonyl (C=O) groups excluding carboxylic acids is 3. The van der Waals surface area contributed by atoms with Crippen molar-refractivity contribution in [2.24, 2.45) is 5.92 Å². The van der Waals surface area contributed by atoms with Crippen LogP contribution in [0.3, 0.4) is 0 Å². The fourth-order valence-electron chi connectivity index (χ4n) is 3.97. The molecule has 2 rings (SSSR count). The number of carbonyl (C=O) groups is 3. The van der Waals surface area contributed by atoms with E-state index in [2.05, 4.69) is 10.6 Å². The molecule has 1 aromatic carbocycles. The van der Waals surface area contributed by atoms with E-state index >= 15 is 0 Å². The number of hydrogen-bond donors (Lipinski definition) is 2. The molecule has 8 heteroatoms. The van der Waals surface area contributed by atoms with Gasteiger partial charge in [-0.25, -0.2) is 9.59 Å². The number of allylic oxidation sites excluding steroid dienone is 2. The number of amides is 1. The highest BCUT2D eigenvalue weighted by Crippen LogP contribution is 2.42. The fourth-order valence-corrected chi connectivity index (χ4v) is 3.97. The van der Waals surface area contributed by atoms with Crippen molar-refractivity contribution < 1.29 is 28.6 Å². The molecule has 0 saturated heterocycles. The molecule has 1 aliphatic rings. The van der Waals surface area contributed by atoms with Crippen molar-refractivity contribution in [3.63, 3.8) is 0 Å². The summed E-state index contributed by atoms with van der Waals surface area (Å²) < 4.78 is 16.1. The standard InChI is InChI=1S/C26H36N2O6/c1-14(2)22(25(31)34-26(5,6)7)28-23(29)19-15(3)27-16(4)20(24(30)33-9)21(19)17-12-10-11-13-18(17)32-8/h10-14,21-22,27H,1-9H3,(H,28,29)/t21?,22-/m0/s1. The highest BCUT2D eigenvalue weighted by molar-refractivity contribution is 6.03. The molecule has 0 radical (unpaired) electrons. The van der Waals surface area contributed by atoms with Crippen LogP contribution in [-0.2, 0) is 23.9 Å². The van der Waals surface area contributed by atoms with E-state index in [1.54, 1.807) is 46.8 Å². The third-order valence-electron chi connectivity index (χ3n) is 5.47. The lowest BCUT2D eigenvalue weighted by molar-refractivity contribution is -0.159. The van der Waals surface area contributed by atoms with Crippen LogP contribution in [0.1, 0.15) is 59.9 Å². The van der Waals surface area contributed by atoms with E-state index in [0.717, 1.165) is 0 Å². The summed E-state index contributed by atoms with van der Waals surface area (Å²) in [6, 6.07) is 6.32. The zero-order chi connectivity index (χ0) is 25.8. The van der Waals surface area contributed by atoms with Gasteiger partial charge in [0.05, 0.1) is 25.7 Å². The summed E-state index contributed by atoms with van der Waals surface area (Å²) in [4.78, 5) is 39.4. The van der Waals surface area contributed by atoms with Crippen LogP contribution in [0.15, 0.2) is 46.8 Å². The Labute approximate surface area is 201 Å². The van der Waals surface area contributed by atoms with Gasteiger partial charge in [-0.2, -0.15) is 0 Å². The summed E-state index contributed by atoms with van der Waals surface area (Å²) in [5, 5.41) is 5.96. The molecule has 0 aromatic heterocycles. The van der Waals surface area contributed by atoms with E-state index < -0.39 is 35.4 Å². The summed E-state index contributed by atoms with van der Waals surface area (Å²) in [5.74, 6) is -2.04. The summed E-state index contributed by atoms with van der Waals surface area (Å²) in [6.07, 6.45) is 0. The number of benzene rings is 1. The second-order valence-electron chi connectivity index (χ2n) is 9.60. The van der Waals surface area contributed by atoms with Crippen molar-refractivity contribution in [3.05, 3.63) is 52.4 Å². The number of nitrogens with one attached hydrogen (secondary N) is 2. The van der Waals surface area contributed by atoms with Crippen LogP contribution in [0.5, 0.6) is 5.75 Å². The molecule has 1 heterocycles. The van der Waals surface area contributed by atoms with Gasteiger partial charge in [0.15, 0.2) is 0 Å². The second kappa shape index (κ2) is 10.8. The van der Waals surface area contributed by atoms with Crippen LogP contribution in [0, 0.1) is 5.92 Å². The van der Waals surface area contributed by atoms with Gasteiger partial charge in [0, 0.05) is 22.5 Å². The van der Waals surface area contributed by atoms with Gasteiger partial charge in [-0.1, -0.05) is 32.0 Å². The smallest absolute Gasteiger partial charge is 0.336 e. The van der Waals surface area contributed by atoms with Gasteiger partial charge in [-0.05, 0) is 46.6 Å². The van der Waals surface area contributed by atoms with Crippen molar-refractivity contribution in [2.45, 2.75) is 66.0 Å². The maximum absolute atomic E-state index is 13.7. The van der Waals surface area contributed by atoms with Gasteiger partial charge in [-0.15, -0.1) is 0 Å². The van der Waals surface area contributed by atoms with Crippen molar-refractivity contribution >= 4 is 17.8 Å². The molecular weight excluding hydrogens is 436 g/mol. The Kier molecular flexibility index (Phi) is 8.53. The van der Waals surface area contributed by atoms with Gasteiger partial charge in [-0.3, -0.25) is 4.79 Å². The van der Waals surface area contributed by atoms with Crippen LogP contribution >= 0.6 is 0 Å². The maximum atomic E-state index is 13.7. The molecule has 0 aliphatic carbocycles. The van der Waals surface area contributed by atoms with Gasteiger partial charge in [0.25, 0.3) is 5.91 Å². The van der Waals surface area contributed by atoms with E-state index in [9.17, 15) is 14.4 Å². The number of hydrogen-bond acceptors (Lipinski definition) is 7. The van der Waals surface area contributed by atoms with Crippen molar-refractivity contribution in [2.75, 3.05) is 14.2 Å². The number of esters is 2. The monoisotopic (exact) mass is 472 g/mol. The zero-order valence-electron chi connectivity index (χ0n) is 21.5. The molecule has 0 fully saturated rings. The van der Waals surface area contributed by atoms with Crippen LogP contribution in [0.4, 0.5) is 0 Å². The average molecular weight is 473 g/mol.